The van der Waals surface area contributed by atoms with E-state index in [4.69, 9.17) is 0 Å². The van der Waals surface area contributed by atoms with Crippen LogP contribution < -0.4 is 5.32 Å². The van der Waals surface area contributed by atoms with Gasteiger partial charge in [-0.2, -0.15) is 0 Å². The maximum Gasteiger partial charge on any atom is 0.251 e. The van der Waals surface area contributed by atoms with Crippen molar-refractivity contribution >= 4 is 12.0 Å². The Labute approximate surface area is 169 Å². The Morgan fingerprint density at radius 3 is 2.32 bits per heavy atom. The predicted molar refractivity (Wildman–Crippen MR) is 116 cm³/mol. The van der Waals surface area contributed by atoms with Gasteiger partial charge in [-0.25, -0.2) is 0 Å². The van der Waals surface area contributed by atoms with Crippen molar-refractivity contribution in [3.63, 3.8) is 0 Å². The molecule has 2 aromatic rings. The highest BCUT2D eigenvalue weighted by Gasteiger charge is 2.42. The molecule has 2 heteroatoms. The van der Waals surface area contributed by atoms with Crippen LogP contribution in [0.3, 0.4) is 0 Å². The van der Waals surface area contributed by atoms with Crippen LogP contribution in [0, 0.1) is 17.8 Å². The summed E-state index contributed by atoms with van der Waals surface area (Å²) < 4.78 is 0. The van der Waals surface area contributed by atoms with Crippen molar-refractivity contribution in [3.05, 3.63) is 77.9 Å². The summed E-state index contributed by atoms with van der Waals surface area (Å²) in [5.74, 6) is 2.53. The number of carbonyl (C=O) groups excluding carboxylic acids is 1. The molecule has 2 aromatic carbocycles. The summed E-state index contributed by atoms with van der Waals surface area (Å²) in [6.07, 6.45) is 10.6. The number of benzene rings is 2. The zero-order valence-electron chi connectivity index (χ0n) is 16.6. The van der Waals surface area contributed by atoms with Crippen LogP contribution in [-0.2, 0) is 6.42 Å². The predicted octanol–water partition coefficient (Wildman–Crippen LogP) is 5.89. The summed E-state index contributed by atoms with van der Waals surface area (Å²) in [6, 6.07) is 18.9. The summed E-state index contributed by atoms with van der Waals surface area (Å²) in [5.41, 5.74) is 3.26. The lowest BCUT2D eigenvalue weighted by Gasteiger charge is -2.36. The molecule has 4 rings (SSSR count). The molecule has 1 N–H and O–H groups in total. The fraction of sp³-hybridized carbons (Fsp3) is 0.423. The van der Waals surface area contributed by atoms with Gasteiger partial charge in [0.05, 0.1) is 0 Å². The van der Waals surface area contributed by atoms with Crippen LogP contribution in [0.1, 0.15) is 60.0 Å². The topological polar surface area (TPSA) is 29.1 Å². The van der Waals surface area contributed by atoms with Gasteiger partial charge in [-0.15, -0.1) is 0 Å². The third kappa shape index (κ3) is 4.38. The normalized spacial score (nSPS) is 26.0. The first-order chi connectivity index (χ1) is 13.7. The van der Waals surface area contributed by atoms with E-state index in [0.29, 0.717) is 6.04 Å². The molecule has 2 aliphatic carbocycles. The second-order valence-corrected chi connectivity index (χ2v) is 8.61. The van der Waals surface area contributed by atoms with E-state index in [1.807, 2.05) is 24.3 Å². The SMILES string of the molecule is C=Cc1ccc(C(=O)NC2C[C@H]3CC[C@@H](C2)C3CCCc2ccccc2)cc1. The molecule has 146 valence electrons. The van der Waals surface area contributed by atoms with Crippen LogP contribution in [-0.4, -0.2) is 11.9 Å². The smallest absolute Gasteiger partial charge is 0.251 e. The van der Waals surface area contributed by atoms with Gasteiger partial charge in [0.15, 0.2) is 0 Å². The number of rotatable bonds is 7. The Bertz CT molecular complexity index is 781. The molecule has 1 amide bonds. The van der Waals surface area contributed by atoms with Gasteiger partial charge in [-0.1, -0.05) is 55.1 Å². The van der Waals surface area contributed by atoms with Crippen LogP contribution in [0.4, 0.5) is 0 Å². The second kappa shape index (κ2) is 8.77. The molecule has 0 saturated heterocycles. The molecule has 0 radical (unpaired) electrons. The van der Waals surface area contributed by atoms with Gasteiger partial charge in [-0.05, 0) is 86.0 Å². The van der Waals surface area contributed by atoms with E-state index in [-0.39, 0.29) is 5.91 Å². The van der Waals surface area contributed by atoms with Crippen LogP contribution >= 0.6 is 0 Å². The van der Waals surface area contributed by atoms with E-state index >= 15 is 0 Å². The molecule has 2 aliphatic rings. The molecule has 28 heavy (non-hydrogen) atoms. The lowest BCUT2D eigenvalue weighted by molar-refractivity contribution is 0.0893. The molecule has 0 aromatic heterocycles. The molecule has 2 fully saturated rings. The lowest BCUT2D eigenvalue weighted by Crippen LogP contribution is -2.41. The van der Waals surface area contributed by atoms with Crippen molar-refractivity contribution < 1.29 is 4.79 Å². The van der Waals surface area contributed by atoms with Gasteiger partial charge in [0.1, 0.15) is 0 Å². The van der Waals surface area contributed by atoms with E-state index in [0.717, 1.165) is 41.7 Å². The quantitative estimate of drug-likeness (QED) is 0.644. The number of hydrogen-bond acceptors (Lipinski definition) is 1. The summed E-state index contributed by atoms with van der Waals surface area (Å²) in [5, 5.41) is 3.31. The summed E-state index contributed by atoms with van der Waals surface area (Å²) in [6.45, 7) is 3.77. The van der Waals surface area contributed by atoms with Crippen molar-refractivity contribution in [2.24, 2.45) is 17.8 Å². The molecule has 2 unspecified atom stereocenters. The second-order valence-electron chi connectivity index (χ2n) is 8.61. The molecule has 0 spiro atoms. The Morgan fingerprint density at radius 2 is 1.68 bits per heavy atom. The fourth-order valence-corrected chi connectivity index (χ4v) is 5.47. The molecule has 2 bridgehead atoms. The highest BCUT2D eigenvalue weighted by atomic mass is 16.1. The molecule has 0 aliphatic heterocycles. The maximum atomic E-state index is 12.6. The van der Waals surface area contributed by atoms with Crippen LogP contribution in [0.2, 0.25) is 0 Å². The minimum Gasteiger partial charge on any atom is -0.349 e. The number of amides is 1. The Balaban J connectivity index is 1.28. The minimum absolute atomic E-state index is 0.0718. The number of fused-ring (bicyclic) bond motifs is 2. The van der Waals surface area contributed by atoms with Crippen molar-refractivity contribution in [2.75, 3.05) is 0 Å². The lowest BCUT2D eigenvalue weighted by atomic mass is 9.74. The summed E-state index contributed by atoms with van der Waals surface area (Å²) in [4.78, 5) is 12.6. The average molecular weight is 374 g/mol. The molecule has 4 atom stereocenters. The third-order valence-corrected chi connectivity index (χ3v) is 6.88. The number of hydrogen-bond donors (Lipinski definition) is 1. The first-order valence-electron chi connectivity index (χ1n) is 10.8. The van der Waals surface area contributed by atoms with Gasteiger partial charge in [0, 0.05) is 11.6 Å². The molecular weight excluding hydrogens is 342 g/mol. The maximum absolute atomic E-state index is 12.6. The van der Waals surface area contributed by atoms with Crippen LogP contribution in [0.25, 0.3) is 6.08 Å². The van der Waals surface area contributed by atoms with Crippen molar-refractivity contribution in [3.8, 4) is 0 Å². The zero-order chi connectivity index (χ0) is 19.3. The monoisotopic (exact) mass is 373 g/mol. The third-order valence-electron chi connectivity index (χ3n) is 6.88. The van der Waals surface area contributed by atoms with Crippen LogP contribution in [0.15, 0.2) is 61.2 Å². The van der Waals surface area contributed by atoms with Gasteiger partial charge < -0.3 is 5.32 Å². The van der Waals surface area contributed by atoms with Gasteiger partial charge in [0.25, 0.3) is 5.91 Å². The largest absolute Gasteiger partial charge is 0.349 e. The van der Waals surface area contributed by atoms with E-state index in [1.165, 1.54) is 37.7 Å². The van der Waals surface area contributed by atoms with Gasteiger partial charge in [-0.3, -0.25) is 4.79 Å². The highest BCUT2D eigenvalue weighted by Crippen LogP contribution is 2.49. The minimum atomic E-state index is 0.0718. The van der Waals surface area contributed by atoms with Crippen molar-refractivity contribution in [1.29, 1.82) is 0 Å². The summed E-state index contributed by atoms with van der Waals surface area (Å²) >= 11 is 0. The van der Waals surface area contributed by atoms with Crippen molar-refractivity contribution in [2.45, 2.75) is 51.0 Å². The van der Waals surface area contributed by atoms with Gasteiger partial charge >= 0.3 is 0 Å². The average Bonchev–Trinajstić information content (AvgIpc) is 2.97. The van der Waals surface area contributed by atoms with E-state index in [2.05, 4.69) is 42.2 Å². The Hall–Kier alpha value is -2.35. The fourth-order valence-electron chi connectivity index (χ4n) is 5.47. The summed E-state index contributed by atoms with van der Waals surface area (Å²) in [7, 11) is 0. The van der Waals surface area contributed by atoms with Crippen molar-refractivity contribution in [1.82, 2.24) is 5.32 Å². The van der Waals surface area contributed by atoms with E-state index in [9.17, 15) is 4.79 Å². The number of nitrogens with one attached hydrogen (secondary N) is 1. The first-order valence-corrected chi connectivity index (χ1v) is 10.8. The number of aryl methyl sites for hydroxylation is 1. The molecule has 0 heterocycles. The van der Waals surface area contributed by atoms with Crippen LogP contribution in [0.5, 0.6) is 0 Å². The number of carbonyl (C=O) groups is 1. The first kappa shape index (κ1) is 19.0. The molecule has 2 saturated carbocycles. The Kier molecular flexibility index (Phi) is 5.95. The Morgan fingerprint density at radius 1 is 1.00 bits per heavy atom. The standard InChI is InChI=1S/C26H31NO/c1-2-19-11-13-21(14-12-19)26(28)27-24-17-22-15-16-23(18-24)25(22)10-6-9-20-7-4-3-5-8-20/h2-5,7-8,11-14,22-25H,1,6,9-10,15-18H2,(H,27,28)/t22-,23+,24?,25?. The van der Waals surface area contributed by atoms with E-state index in [1.54, 1.807) is 6.08 Å². The van der Waals surface area contributed by atoms with Gasteiger partial charge in [0.2, 0.25) is 0 Å². The highest BCUT2D eigenvalue weighted by molar-refractivity contribution is 5.94. The molecular formula is C26H31NO. The molecule has 2 nitrogen and oxygen atoms in total. The van der Waals surface area contributed by atoms with E-state index < -0.39 is 0 Å². The zero-order valence-corrected chi connectivity index (χ0v) is 16.6.